The summed E-state index contributed by atoms with van der Waals surface area (Å²) in [6.07, 6.45) is 1.72. The van der Waals surface area contributed by atoms with Gasteiger partial charge in [0, 0.05) is 36.7 Å². The van der Waals surface area contributed by atoms with E-state index >= 15 is 0 Å². The lowest BCUT2D eigenvalue weighted by Crippen LogP contribution is -2.49. The molecule has 3 rings (SSSR count). The highest BCUT2D eigenvalue weighted by atomic mass is 16.7. The predicted molar refractivity (Wildman–Crippen MR) is 100 cm³/mol. The topological polar surface area (TPSA) is 74.8 Å². The van der Waals surface area contributed by atoms with Crippen molar-refractivity contribution in [2.75, 3.05) is 26.2 Å². The molecule has 1 aliphatic heterocycles. The monoisotopic (exact) mass is 360 g/mol. The molecular formula is C20H28N2O4. The molecule has 0 bridgehead atoms. The van der Waals surface area contributed by atoms with E-state index in [9.17, 15) is 9.90 Å². The van der Waals surface area contributed by atoms with Gasteiger partial charge >= 0.3 is 6.16 Å². The fourth-order valence-electron chi connectivity index (χ4n) is 3.78. The van der Waals surface area contributed by atoms with Gasteiger partial charge in [-0.3, -0.25) is 4.90 Å². The van der Waals surface area contributed by atoms with Gasteiger partial charge in [0.2, 0.25) is 0 Å². The first-order valence-corrected chi connectivity index (χ1v) is 9.29. The van der Waals surface area contributed by atoms with Crippen molar-refractivity contribution in [3.63, 3.8) is 0 Å². The normalized spacial score (nSPS) is 21.1. The largest absolute Gasteiger partial charge is 0.508 e. The first-order chi connectivity index (χ1) is 12.5. The molecule has 142 valence electrons. The molecule has 1 aromatic carbocycles. The number of aliphatic hydroxyl groups excluding tert-OH is 1. The van der Waals surface area contributed by atoms with Crippen LogP contribution in [0.2, 0.25) is 0 Å². The number of hydrogen-bond acceptors (Lipinski definition) is 5. The number of aromatic amines is 1. The number of likely N-dealkylation sites (tertiary alicyclic amines) is 1. The minimum Gasteiger partial charge on any atom is -0.435 e. The zero-order valence-corrected chi connectivity index (χ0v) is 15.7. The Morgan fingerprint density at radius 2 is 2.19 bits per heavy atom. The summed E-state index contributed by atoms with van der Waals surface area (Å²) in [5, 5.41) is 11.4. The van der Waals surface area contributed by atoms with Crippen LogP contribution in [0.3, 0.4) is 0 Å². The zero-order valence-electron chi connectivity index (χ0n) is 15.7. The van der Waals surface area contributed by atoms with E-state index in [4.69, 9.17) is 9.47 Å². The lowest BCUT2D eigenvalue weighted by atomic mass is 10.0. The van der Waals surface area contributed by atoms with Crippen LogP contribution in [-0.4, -0.2) is 59.6 Å². The van der Waals surface area contributed by atoms with Crippen molar-refractivity contribution in [1.82, 2.24) is 9.88 Å². The molecule has 1 saturated heterocycles. The number of aromatic nitrogens is 1. The molecule has 0 aliphatic carbocycles. The molecule has 2 heterocycles. The highest BCUT2D eigenvalue weighted by Crippen LogP contribution is 2.25. The quantitative estimate of drug-likeness (QED) is 0.802. The van der Waals surface area contributed by atoms with E-state index in [0.29, 0.717) is 13.0 Å². The van der Waals surface area contributed by atoms with E-state index in [-0.39, 0.29) is 6.61 Å². The Balaban J connectivity index is 1.62. The molecule has 2 atom stereocenters. The van der Waals surface area contributed by atoms with Crippen molar-refractivity contribution in [3.05, 3.63) is 35.0 Å². The van der Waals surface area contributed by atoms with Crippen molar-refractivity contribution in [1.29, 1.82) is 0 Å². The molecule has 6 heteroatoms. The fourth-order valence-corrected chi connectivity index (χ4v) is 3.78. The number of fused-ring (bicyclic) bond motifs is 1. The van der Waals surface area contributed by atoms with E-state index in [1.54, 1.807) is 6.92 Å². The fraction of sp³-hybridized carbons (Fsp3) is 0.550. The third kappa shape index (κ3) is 4.19. The van der Waals surface area contributed by atoms with Gasteiger partial charge in [0.15, 0.2) is 0 Å². The summed E-state index contributed by atoms with van der Waals surface area (Å²) in [6.45, 7) is 8.43. The van der Waals surface area contributed by atoms with Gasteiger partial charge in [-0.25, -0.2) is 4.79 Å². The Labute approximate surface area is 154 Å². The number of ether oxygens (including phenoxy) is 2. The predicted octanol–water partition coefficient (Wildman–Crippen LogP) is 2.94. The van der Waals surface area contributed by atoms with E-state index in [0.717, 1.165) is 19.5 Å². The van der Waals surface area contributed by atoms with Crippen molar-refractivity contribution in [2.45, 2.75) is 45.8 Å². The number of benzene rings is 1. The minimum atomic E-state index is -0.707. The Hall–Kier alpha value is -2.05. The van der Waals surface area contributed by atoms with Crippen LogP contribution in [0.25, 0.3) is 10.9 Å². The standard InChI is InChI=1S/C20H28N2O4/c1-4-25-20(24)26-18-12-22(8-6-17(18)23)7-5-15-11-21-16-10-13(2)9-14(3)19(15)16/h9-11,17-18,21,23H,4-8,12H2,1-3H3/t17-,18+/m1/s1. The van der Waals surface area contributed by atoms with E-state index < -0.39 is 18.4 Å². The van der Waals surface area contributed by atoms with Gasteiger partial charge in [0.25, 0.3) is 0 Å². The average molecular weight is 360 g/mol. The second kappa shape index (κ2) is 8.10. The number of nitrogens with zero attached hydrogens (tertiary/aromatic N) is 1. The van der Waals surface area contributed by atoms with Crippen LogP contribution in [0, 0.1) is 13.8 Å². The van der Waals surface area contributed by atoms with Gasteiger partial charge < -0.3 is 19.6 Å². The molecule has 1 aliphatic rings. The Morgan fingerprint density at radius 3 is 2.96 bits per heavy atom. The molecule has 0 saturated carbocycles. The highest BCUT2D eigenvalue weighted by Gasteiger charge is 2.31. The molecule has 2 aromatic rings. The van der Waals surface area contributed by atoms with Gasteiger partial charge in [-0.1, -0.05) is 6.07 Å². The van der Waals surface area contributed by atoms with Crippen LogP contribution in [0.5, 0.6) is 0 Å². The van der Waals surface area contributed by atoms with Gasteiger partial charge in [-0.15, -0.1) is 0 Å². The second-order valence-corrected chi connectivity index (χ2v) is 7.06. The first kappa shape index (κ1) is 18.7. The summed E-state index contributed by atoms with van der Waals surface area (Å²) in [4.78, 5) is 17.1. The number of aliphatic hydroxyl groups is 1. The van der Waals surface area contributed by atoms with Crippen LogP contribution in [0.1, 0.15) is 30.0 Å². The lowest BCUT2D eigenvalue weighted by molar-refractivity contribution is -0.0670. The van der Waals surface area contributed by atoms with Gasteiger partial charge in [-0.05, 0) is 56.4 Å². The number of carbonyl (C=O) groups is 1. The summed E-state index contributed by atoms with van der Waals surface area (Å²) in [5.74, 6) is 0. The summed E-state index contributed by atoms with van der Waals surface area (Å²) in [5.41, 5.74) is 5.02. The van der Waals surface area contributed by atoms with Crippen LogP contribution in [-0.2, 0) is 15.9 Å². The summed E-state index contributed by atoms with van der Waals surface area (Å²) >= 11 is 0. The number of nitrogens with one attached hydrogen (secondary N) is 1. The zero-order chi connectivity index (χ0) is 18.7. The molecule has 0 unspecified atom stereocenters. The van der Waals surface area contributed by atoms with Gasteiger partial charge in [-0.2, -0.15) is 0 Å². The molecule has 2 N–H and O–H groups in total. The molecular weight excluding hydrogens is 332 g/mol. The summed E-state index contributed by atoms with van der Waals surface area (Å²) < 4.78 is 10.1. The van der Waals surface area contributed by atoms with Gasteiger partial charge in [0.05, 0.1) is 12.7 Å². The SMILES string of the molecule is CCOC(=O)O[C@H]1CN(CCc2c[nH]c3cc(C)cc(C)c23)CC[C@H]1O. The van der Waals surface area contributed by atoms with E-state index in [1.807, 2.05) is 0 Å². The Kier molecular flexibility index (Phi) is 5.84. The maximum atomic E-state index is 11.5. The average Bonchev–Trinajstić information content (AvgIpc) is 2.99. The lowest BCUT2D eigenvalue weighted by Gasteiger charge is -2.35. The molecule has 0 amide bonds. The molecule has 1 fully saturated rings. The molecule has 0 spiro atoms. The number of rotatable bonds is 5. The van der Waals surface area contributed by atoms with Crippen molar-refractivity contribution in [2.24, 2.45) is 0 Å². The number of hydrogen-bond donors (Lipinski definition) is 2. The third-order valence-electron chi connectivity index (χ3n) is 5.02. The van der Waals surface area contributed by atoms with Crippen molar-refractivity contribution in [3.8, 4) is 0 Å². The first-order valence-electron chi connectivity index (χ1n) is 9.29. The summed E-state index contributed by atoms with van der Waals surface area (Å²) in [6, 6.07) is 4.38. The number of piperidine rings is 1. The third-order valence-corrected chi connectivity index (χ3v) is 5.02. The summed E-state index contributed by atoms with van der Waals surface area (Å²) in [7, 11) is 0. The van der Waals surface area contributed by atoms with Gasteiger partial charge in [0.1, 0.15) is 6.10 Å². The maximum absolute atomic E-state index is 11.5. The Morgan fingerprint density at radius 1 is 1.38 bits per heavy atom. The van der Waals surface area contributed by atoms with Crippen molar-refractivity contribution < 1.29 is 19.4 Å². The Bertz CT molecular complexity index is 771. The van der Waals surface area contributed by atoms with Crippen LogP contribution in [0.15, 0.2) is 18.3 Å². The molecule has 6 nitrogen and oxygen atoms in total. The van der Waals surface area contributed by atoms with Crippen LogP contribution >= 0.6 is 0 Å². The molecule has 26 heavy (non-hydrogen) atoms. The number of carbonyl (C=O) groups excluding carboxylic acids is 1. The van der Waals surface area contributed by atoms with Crippen LogP contribution in [0.4, 0.5) is 4.79 Å². The highest BCUT2D eigenvalue weighted by molar-refractivity contribution is 5.87. The molecule has 1 aromatic heterocycles. The molecule has 0 radical (unpaired) electrons. The van der Waals surface area contributed by atoms with E-state index in [2.05, 4.69) is 42.1 Å². The maximum Gasteiger partial charge on any atom is 0.508 e. The smallest absolute Gasteiger partial charge is 0.435 e. The minimum absolute atomic E-state index is 0.269. The van der Waals surface area contributed by atoms with Crippen LogP contribution < -0.4 is 0 Å². The number of aryl methyl sites for hydroxylation is 2. The second-order valence-electron chi connectivity index (χ2n) is 7.06. The number of H-pyrrole nitrogens is 1. The van der Waals surface area contributed by atoms with Crippen molar-refractivity contribution >= 4 is 17.1 Å². The van der Waals surface area contributed by atoms with E-state index in [1.165, 1.54) is 27.6 Å².